The molecule has 1 heterocycles. The maximum atomic E-state index is 12.9. The van der Waals surface area contributed by atoms with E-state index in [4.69, 9.17) is 11.6 Å². The summed E-state index contributed by atoms with van der Waals surface area (Å²) in [7, 11) is 0. The van der Waals surface area contributed by atoms with Gasteiger partial charge in [0.05, 0.1) is 17.7 Å². The fourth-order valence-electron chi connectivity index (χ4n) is 3.06. The lowest BCUT2D eigenvalue weighted by molar-refractivity contribution is -0.137. The van der Waals surface area contributed by atoms with Gasteiger partial charge in [-0.3, -0.25) is 4.79 Å². The molecule has 0 radical (unpaired) electrons. The Morgan fingerprint density at radius 1 is 1.41 bits per heavy atom. The zero-order valence-corrected chi connectivity index (χ0v) is 15.8. The third-order valence-corrected chi connectivity index (χ3v) is 4.80. The summed E-state index contributed by atoms with van der Waals surface area (Å²) in [5.41, 5.74) is -0.699. The Morgan fingerprint density at radius 2 is 2.15 bits per heavy atom. The maximum absolute atomic E-state index is 12.9. The molecule has 27 heavy (non-hydrogen) atoms. The minimum absolute atomic E-state index is 0.0373. The first-order valence-corrected chi connectivity index (χ1v) is 9.31. The lowest BCUT2D eigenvalue weighted by Crippen LogP contribution is -2.52. The summed E-state index contributed by atoms with van der Waals surface area (Å²) in [6, 6.07) is 2.52. The number of anilines is 1. The molecule has 5 nitrogen and oxygen atoms in total. The Hall–Kier alpha value is -1.35. The molecule has 0 aromatic heterocycles. The first kappa shape index (κ1) is 21.9. The summed E-state index contributed by atoms with van der Waals surface area (Å²) in [6.07, 6.45) is -3.14. The highest BCUT2D eigenvalue weighted by Crippen LogP contribution is 2.33. The largest absolute Gasteiger partial charge is 0.416 e. The van der Waals surface area contributed by atoms with Crippen LogP contribution in [0.5, 0.6) is 0 Å². The summed E-state index contributed by atoms with van der Waals surface area (Å²) < 4.78 is 38.7. The zero-order valence-electron chi connectivity index (χ0n) is 15.1. The average molecular weight is 408 g/mol. The van der Waals surface area contributed by atoms with Gasteiger partial charge < -0.3 is 21.1 Å². The van der Waals surface area contributed by atoms with E-state index in [1.54, 1.807) is 0 Å². The van der Waals surface area contributed by atoms with Crippen molar-refractivity contribution in [3.8, 4) is 0 Å². The van der Waals surface area contributed by atoms with Crippen LogP contribution in [0.3, 0.4) is 0 Å². The number of carbonyl (C=O) groups excluding carboxylic acids is 1. The molecule has 4 N–H and O–H groups in total. The Balaban J connectivity index is 1.90. The standard InChI is InChI=1S/C18H25ClF3N3O2/c1-11(26)15(3-2-5-24-16-10-23-6-4-17(16)27)25-14-8-12(18(20,21)22)7-13(19)9-14/h7-9,15-17,23-25,27H,2-6,10H2,1H3/t15-,16+,17+/m1/s1. The molecule has 1 aromatic carbocycles. The Morgan fingerprint density at radius 3 is 2.78 bits per heavy atom. The van der Waals surface area contributed by atoms with Gasteiger partial charge in [-0.05, 0) is 57.5 Å². The normalized spacial score (nSPS) is 21.7. The van der Waals surface area contributed by atoms with Gasteiger partial charge in [0.15, 0.2) is 5.78 Å². The van der Waals surface area contributed by atoms with Crippen LogP contribution in [0.4, 0.5) is 18.9 Å². The number of aliphatic hydroxyl groups is 1. The molecular weight excluding hydrogens is 383 g/mol. The van der Waals surface area contributed by atoms with Crippen molar-refractivity contribution < 1.29 is 23.1 Å². The van der Waals surface area contributed by atoms with Crippen molar-refractivity contribution >= 4 is 23.1 Å². The highest BCUT2D eigenvalue weighted by atomic mass is 35.5. The molecule has 0 amide bonds. The molecule has 1 aliphatic rings. The van der Waals surface area contributed by atoms with Crippen LogP contribution in [0.25, 0.3) is 0 Å². The highest BCUT2D eigenvalue weighted by Gasteiger charge is 2.31. The van der Waals surface area contributed by atoms with Crippen molar-refractivity contribution in [2.24, 2.45) is 0 Å². The predicted molar refractivity (Wildman–Crippen MR) is 99.1 cm³/mol. The highest BCUT2D eigenvalue weighted by molar-refractivity contribution is 6.31. The molecule has 3 atom stereocenters. The molecule has 2 rings (SSSR count). The minimum atomic E-state index is -4.51. The fraction of sp³-hybridized carbons (Fsp3) is 0.611. The second-order valence-electron chi connectivity index (χ2n) is 6.80. The first-order chi connectivity index (χ1) is 12.7. The Labute approximate surface area is 161 Å². The second-order valence-corrected chi connectivity index (χ2v) is 7.23. The molecule has 1 saturated heterocycles. The van der Waals surface area contributed by atoms with Crippen molar-refractivity contribution in [3.63, 3.8) is 0 Å². The number of halogens is 4. The van der Waals surface area contributed by atoms with Gasteiger partial charge in [-0.2, -0.15) is 13.2 Å². The number of hydrogen-bond donors (Lipinski definition) is 4. The van der Waals surface area contributed by atoms with Crippen LogP contribution in [-0.2, 0) is 11.0 Å². The number of alkyl halides is 3. The van der Waals surface area contributed by atoms with E-state index in [-0.39, 0.29) is 22.5 Å². The zero-order chi connectivity index (χ0) is 20.0. The molecular formula is C18H25ClF3N3O2. The summed E-state index contributed by atoms with van der Waals surface area (Å²) >= 11 is 5.78. The molecule has 0 bridgehead atoms. The smallest absolute Gasteiger partial charge is 0.391 e. The van der Waals surface area contributed by atoms with E-state index in [9.17, 15) is 23.1 Å². The van der Waals surface area contributed by atoms with Gasteiger partial charge in [-0.1, -0.05) is 11.6 Å². The molecule has 1 fully saturated rings. The number of ketones is 1. The van der Waals surface area contributed by atoms with Gasteiger partial charge in [-0.25, -0.2) is 0 Å². The Kier molecular flexibility index (Phi) is 7.91. The van der Waals surface area contributed by atoms with Crippen molar-refractivity contribution in [1.82, 2.24) is 10.6 Å². The monoisotopic (exact) mass is 407 g/mol. The van der Waals surface area contributed by atoms with E-state index in [2.05, 4.69) is 16.0 Å². The molecule has 9 heteroatoms. The second kappa shape index (κ2) is 9.73. The van der Waals surface area contributed by atoms with Crippen LogP contribution in [0.15, 0.2) is 18.2 Å². The number of aliphatic hydroxyl groups excluding tert-OH is 1. The predicted octanol–water partition coefficient (Wildman–Crippen LogP) is 2.82. The molecule has 0 unspecified atom stereocenters. The van der Waals surface area contributed by atoms with Crippen molar-refractivity contribution in [2.45, 2.75) is 50.6 Å². The van der Waals surface area contributed by atoms with E-state index in [1.807, 2.05) is 0 Å². The molecule has 1 aromatic rings. The summed E-state index contributed by atoms with van der Waals surface area (Å²) in [5.74, 6) is -0.164. The minimum Gasteiger partial charge on any atom is -0.391 e. The van der Waals surface area contributed by atoms with Gasteiger partial charge in [0.25, 0.3) is 0 Å². The SMILES string of the molecule is CC(=O)[C@@H](CCCN[C@H]1CNCC[C@@H]1O)Nc1cc(Cl)cc(C(F)(F)F)c1. The van der Waals surface area contributed by atoms with Gasteiger partial charge >= 0.3 is 6.18 Å². The molecule has 0 aliphatic carbocycles. The van der Waals surface area contributed by atoms with E-state index in [1.165, 1.54) is 13.0 Å². The third-order valence-electron chi connectivity index (χ3n) is 4.58. The molecule has 0 spiro atoms. The van der Waals surface area contributed by atoms with Gasteiger partial charge in [0.1, 0.15) is 0 Å². The Bertz CT molecular complexity index is 643. The number of carbonyl (C=O) groups is 1. The van der Waals surface area contributed by atoms with Crippen LogP contribution >= 0.6 is 11.6 Å². The van der Waals surface area contributed by atoms with E-state index in [0.717, 1.165) is 18.7 Å². The molecule has 1 aliphatic heterocycles. The average Bonchev–Trinajstić information content (AvgIpc) is 2.57. The van der Waals surface area contributed by atoms with Crippen LogP contribution in [0, 0.1) is 0 Å². The van der Waals surface area contributed by atoms with Crippen molar-refractivity contribution in [3.05, 3.63) is 28.8 Å². The number of Topliss-reactive ketones (excluding diaryl/α,β-unsaturated/α-hetero) is 1. The van der Waals surface area contributed by atoms with Crippen LogP contribution < -0.4 is 16.0 Å². The maximum Gasteiger partial charge on any atom is 0.416 e. The number of hydrogen-bond acceptors (Lipinski definition) is 5. The summed E-state index contributed by atoms with van der Waals surface area (Å²) in [6.45, 7) is 3.46. The van der Waals surface area contributed by atoms with E-state index in [0.29, 0.717) is 32.4 Å². The lowest BCUT2D eigenvalue weighted by atomic mass is 10.0. The van der Waals surface area contributed by atoms with Gasteiger partial charge in [0, 0.05) is 23.3 Å². The summed E-state index contributed by atoms with van der Waals surface area (Å²) in [5, 5.41) is 19.2. The fourth-order valence-corrected chi connectivity index (χ4v) is 3.30. The van der Waals surface area contributed by atoms with Crippen molar-refractivity contribution in [1.29, 1.82) is 0 Å². The quantitative estimate of drug-likeness (QED) is 0.499. The van der Waals surface area contributed by atoms with Gasteiger partial charge in [0.2, 0.25) is 0 Å². The van der Waals surface area contributed by atoms with Gasteiger partial charge in [-0.15, -0.1) is 0 Å². The molecule has 0 saturated carbocycles. The number of piperidine rings is 1. The van der Waals surface area contributed by atoms with Crippen molar-refractivity contribution in [2.75, 3.05) is 25.0 Å². The van der Waals surface area contributed by atoms with Crippen LogP contribution in [0.1, 0.15) is 31.7 Å². The van der Waals surface area contributed by atoms with E-state index < -0.39 is 23.9 Å². The van der Waals surface area contributed by atoms with Crippen LogP contribution in [-0.4, -0.2) is 48.7 Å². The van der Waals surface area contributed by atoms with Crippen LogP contribution in [0.2, 0.25) is 5.02 Å². The topological polar surface area (TPSA) is 73.4 Å². The third kappa shape index (κ3) is 6.95. The molecule has 152 valence electrons. The number of benzene rings is 1. The summed E-state index contributed by atoms with van der Waals surface area (Å²) in [4.78, 5) is 11.9. The lowest BCUT2D eigenvalue weighted by Gasteiger charge is -2.29. The van der Waals surface area contributed by atoms with E-state index >= 15 is 0 Å². The number of rotatable bonds is 8. The number of nitrogens with one attached hydrogen (secondary N) is 3. The first-order valence-electron chi connectivity index (χ1n) is 8.94.